The van der Waals surface area contributed by atoms with Crippen molar-refractivity contribution in [2.24, 2.45) is 0 Å². The highest BCUT2D eigenvalue weighted by Crippen LogP contribution is 2.27. The Morgan fingerprint density at radius 2 is 1.93 bits per heavy atom. The molecule has 8 nitrogen and oxygen atoms in total. The molecule has 0 aliphatic carbocycles. The van der Waals surface area contributed by atoms with Crippen LogP contribution in [0.5, 0.6) is 0 Å². The molecule has 0 aliphatic heterocycles. The molecule has 0 amide bonds. The van der Waals surface area contributed by atoms with Gasteiger partial charge < -0.3 is 4.74 Å². The minimum absolute atomic E-state index is 0.0172. The van der Waals surface area contributed by atoms with Crippen LogP contribution >= 0.6 is 11.6 Å². The maximum atomic E-state index is 13.4. The lowest BCUT2D eigenvalue weighted by atomic mass is 10.2. The summed E-state index contributed by atoms with van der Waals surface area (Å²) < 4.78 is 34.8. The number of carbonyl (C=O) groups is 1. The molecule has 0 bridgehead atoms. The lowest BCUT2D eigenvalue weighted by Gasteiger charge is -2.26. The first-order valence-electron chi connectivity index (χ1n) is 8.79. The number of carbonyl (C=O) groups excluding carboxylic acids is 1. The predicted molar refractivity (Wildman–Crippen MR) is 110 cm³/mol. The second-order valence-corrected chi connectivity index (χ2v) is 9.72. The first-order valence-corrected chi connectivity index (χ1v) is 10.6. The van der Waals surface area contributed by atoms with Crippen molar-refractivity contribution in [3.63, 3.8) is 0 Å². The quantitative estimate of drug-likeness (QED) is 0.570. The summed E-state index contributed by atoms with van der Waals surface area (Å²) in [5.41, 5.74) is 0.0196. The van der Waals surface area contributed by atoms with E-state index in [2.05, 4.69) is 10.2 Å². The number of rotatable bonds is 5. The minimum Gasteiger partial charge on any atom is -0.459 e. The maximum absolute atomic E-state index is 13.4. The summed E-state index contributed by atoms with van der Waals surface area (Å²) >= 11 is 6.05. The van der Waals surface area contributed by atoms with Crippen LogP contribution in [0.1, 0.15) is 26.6 Å². The lowest BCUT2D eigenvalue weighted by Crippen LogP contribution is -2.39. The summed E-state index contributed by atoms with van der Waals surface area (Å²) in [5.74, 6) is -0.138. The highest BCUT2D eigenvalue weighted by Gasteiger charge is 2.30. The number of aryl methyl sites for hydroxylation is 1. The Bertz CT molecular complexity index is 1170. The van der Waals surface area contributed by atoms with E-state index in [1.54, 1.807) is 56.4 Å². The summed E-state index contributed by atoms with van der Waals surface area (Å²) in [6, 6.07) is 9.25. The molecule has 0 N–H and O–H groups in total. The Morgan fingerprint density at radius 3 is 2.59 bits per heavy atom. The largest absolute Gasteiger partial charge is 0.459 e. The zero-order chi connectivity index (χ0) is 21.4. The second kappa shape index (κ2) is 7.64. The van der Waals surface area contributed by atoms with Gasteiger partial charge in [-0.05, 0) is 58.0 Å². The second-order valence-electron chi connectivity index (χ2n) is 7.42. The number of halogens is 1. The van der Waals surface area contributed by atoms with E-state index >= 15 is 0 Å². The van der Waals surface area contributed by atoms with Crippen molar-refractivity contribution in [2.75, 3.05) is 10.8 Å². The zero-order valence-corrected chi connectivity index (χ0v) is 18.0. The van der Waals surface area contributed by atoms with Crippen LogP contribution in [0.3, 0.4) is 0 Å². The first kappa shape index (κ1) is 21.1. The van der Waals surface area contributed by atoms with Crippen LogP contribution in [0.25, 0.3) is 5.65 Å². The molecule has 154 valence electrons. The number of aromatic nitrogens is 3. The molecule has 0 fully saturated rings. The number of benzene rings is 1. The van der Waals surface area contributed by atoms with Gasteiger partial charge in [0.15, 0.2) is 5.65 Å². The van der Waals surface area contributed by atoms with Gasteiger partial charge in [0.25, 0.3) is 10.0 Å². The van der Waals surface area contributed by atoms with Gasteiger partial charge in [0.1, 0.15) is 22.9 Å². The number of nitrogens with zero attached hydrogens (tertiary/aromatic N) is 4. The van der Waals surface area contributed by atoms with E-state index < -0.39 is 28.1 Å². The van der Waals surface area contributed by atoms with E-state index in [-0.39, 0.29) is 10.6 Å². The minimum atomic E-state index is -4.11. The van der Waals surface area contributed by atoms with Crippen LogP contribution in [-0.2, 0) is 19.6 Å². The Morgan fingerprint density at radius 1 is 1.21 bits per heavy atom. The third-order valence-corrected chi connectivity index (χ3v) is 5.92. The Hall–Kier alpha value is -2.65. The molecule has 0 atom stereocenters. The number of hydrogen-bond donors (Lipinski definition) is 0. The maximum Gasteiger partial charge on any atom is 0.327 e. The SMILES string of the molecule is Cc1nnc2ccc(S(=O)(=O)N(CC(=O)OC(C)(C)C)c3cccc(Cl)c3)cn12. The van der Waals surface area contributed by atoms with E-state index in [9.17, 15) is 13.2 Å². The topological polar surface area (TPSA) is 93.9 Å². The van der Waals surface area contributed by atoms with Gasteiger partial charge in [-0.15, -0.1) is 10.2 Å². The van der Waals surface area contributed by atoms with Crippen molar-refractivity contribution in [1.29, 1.82) is 0 Å². The van der Waals surface area contributed by atoms with Crippen molar-refractivity contribution >= 4 is 38.9 Å². The van der Waals surface area contributed by atoms with E-state index in [4.69, 9.17) is 16.3 Å². The van der Waals surface area contributed by atoms with E-state index in [0.29, 0.717) is 16.5 Å². The van der Waals surface area contributed by atoms with Crippen LogP contribution < -0.4 is 4.31 Å². The Labute approximate surface area is 174 Å². The zero-order valence-electron chi connectivity index (χ0n) is 16.5. The molecule has 29 heavy (non-hydrogen) atoms. The van der Waals surface area contributed by atoms with Gasteiger partial charge in [-0.2, -0.15) is 0 Å². The van der Waals surface area contributed by atoms with Crippen molar-refractivity contribution in [3.8, 4) is 0 Å². The van der Waals surface area contributed by atoms with Crippen LogP contribution in [0, 0.1) is 6.92 Å². The average Bonchev–Trinajstić information content (AvgIpc) is 2.98. The average molecular weight is 437 g/mol. The molecular weight excluding hydrogens is 416 g/mol. The molecule has 3 aromatic rings. The van der Waals surface area contributed by atoms with Crippen molar-refractivity contribution in [1.82, 2.24) is 14.6 Å². The van der Waals surface area contributed by atoms with Gasteiger partial charge in [-0.25, -0.2) is 8.42 Å². The normalized spacial score (nSPS) is 12.2. The molecule has 0 saturated carbocycles. The summed E-state index contributed by atoms with van der Waals surface area (Å²) in [4.78, 5) is 12.4. The fourth-order valence-corrected chi connectivity index (χ4v) is 4.29. The number of esters is 1. The van der Waals surface area contributed by atoms with E-state index in [1.165, 1.54) is 18.3 Å². The highest BCUT2D eigenvalue weighted by molar-refractivity contribution is 7.92. The molecule has 2 heterocycles. The first-order chi connectivity index (χ1) is 13.5. The van der Waals surface area contributed by atoms with Gasteiger partial charge in [-0.1, -0.05) is 17.7 Å². The molecular formula is C19H21ClN4O4S. The Balaban J connectivity index is 2.07. The van der Waals surface area contributed by atoms with Crippen LogP contribution in [-0.4, -0.2) is 41.1 Å². The number of pyridine rings is 1. The Kier molecular flexibility index (Phi) is 5.55. The molecule has 3 rings (SSSR count). The van der Waals surface area contributed by atoms with E-state index in [0.717, 1.165) is 4.31 Å². The van der Waals surface area contributed by atoms with Crippen molar-refractivity contribution in [3.05, 3.63) is 53.4 Å². The molecule has 0 radical (unpaired) electrons. The molecule has 2 aromatic heterocycles. The molecule has 10 heteroatoms. The van der Waals surface area contributed by atoms with Crippen molar-refractivity contribution < 1.29 is 17.9 Å². The fraction of sp³-hybridized carbons (Fsp3) is 0.316. The molecule has 0 unspecified atom stereocenters. The molecule has 1 aromatic carbocycles. The number of sulfonamides is 1. The van der Waals surface area contributed by atoms with E-state index in [1.807, 2.05) is 0 Å². The number of fused-ring (bicyclic) bond motifs is 1. The molecule has 0 saturated heterocycles. The highest BCUT2D eigenvalue weighted by atomic mass is 35.5. The lowest BCUT2D eigenvalue weighted by molar-refractivity contribution is -0.152. The summed E-state index contributed by atoms with van der Waals surface area (Å²) in [5, 5.41) is 8.24. The molecule has 0 aliphatic rings. The van der Waals surface area contributed by atoms with Gasteiger partial charge in [-0.3, -0.25) is 13.5 Å². The number of ether oxygens (including phenoxy) is 1. The van der Waals surface area contributed by atoms with Gasteiger partial charge in [0, 0.05) is 11.2 Å². The third kappa shape index (κ3) is 4.68. The van der Waals surface area contributed by atoms with Gasteiger partial charge >= 0.3 is 5.97 Å². The standard InChI is InChI=1S/C19H21ClN4O4S/c1-13-21-22-17-9-8-16(11-23(13)17)29(26,27)24(12-18(25)28-19(2,3)4)15-7-5-6-14(20)10-15/h5-11H,12H2,1-4H3. The third-order valence-electron chi connectivity index (χ3n) is 3.92. The van der Waals surface area contributed by atoms with Crippen LogP contribution in [0.15, 0.2) is 47.5 Å². The van der Waals surface area contributed by atoms with Crippen LogP contribution in [0.2, 0.25) is 5.02 Å². The smallest absolute Gasteiger partial charge is 0.327 e. The summed E-state index contributed by atoms with van der Waals surface area (Å²) in [7, 11) is -4.11. The summed E-state index contributed by atoms with van der Waals surface area (Å²) in [6.45, 7) is 6.36. The van der Waals surface area contributed by atoms with Gasteiger partial charge in [0.2, 0.25) is 0 Å². The summed E-state index contributed by atoms with van der Waals surface area (Å²) in [6.07, 6.45) is 1.42. The van der Waals surface area contributed by atoms with Crippen molar-refractivity contribution in [2.45, 2.75) is 38.2 Å². The monoisotopic (exact) mass is 436 g/mol. The molecule has 0 spiro atoms. The number of anilines is 1. The number of hydrogen-bond acceptors (Lipinski definition) is 6. The fourth-order valence-electron chi connectivity index (χ4n) is 2.70. The van der Waals surface area contributed by atoms with Crippen LogP contribution in [0.4, 0.5) is 5.69 Å². The van der Waals surface area contributed by atoms with Gasteiger partial charge in [0.05, 0.1) is 5.69 Å². The predicted octanol–water partition coefficient (Wildman–Crippen LogP) is 3.23.